The summed E-state index contributed by atoms with van der Waals surface area (Å²) in [7, 11) is 1.46. The Kier molecular flexibility index (Phi) is 5.99. The third kappa shape index (κ3) is 3.77. The molecular weight excluding hydrogens is 312 g/mol. The Morgan fingerprint density at radius 2 is 2.00 bits per heavy atom. The van der Waals surface area contributed by atoms with Gasteiger partial charge in [-0.1, -0.05) is 0 Å². The van der Waals surface area contributed by atoms with Crippen LogP contribution in [0.3, 0.4) is 0 Å². The molecule has 3 atom stereocenters. The largest absolute Gasteiger partial charge is 0.435 e. The Hall–Kier alpha value is -1.89. The molecule has 0 aromatic heterocycles. The molecule has 0 aromatic rings. The maximum atomic E-state index is 12.5. The number of carbonyl (C=O) groups excluding carboxylic acids is 1. The fraction of sp³-hybridized carbons (Fsp3) is 0.706. The number of nitrogens with one attached hydrogen (secondary N) is 1. The van der Waals surface area contributed by atoms with Crippen molar-refractivity contribution in [3.05, 3.63) is 32.7 Å². The predicted octanol–water partition coefficient (Wildman–Crippen LogP) is 2.76. The molecular formula is C17H26N2O5. The zero-order valence-electron chi connectivity index (χ0n) is 14.8. The van der Waals surface area contributed by atoms with Gasteiger partial charge in [-0.25, -0.2) is 4.79 Å². The van der Waals surface area contributed by atoms with Gasteiger partial charge in [-0.15, -0.1) is 0 Å². The van der Waals surface area contributed by atoms with Crippen molar-refractivity contribution in [2.45, 2.75) is 52.5 Å². The lowest BCUT2D eigenvalue weighted by Gasteiger charge is -2.37. The standard InChI is InChI=1S/C17H26N2O5/c1-10-11(2)18-12(3)16(17(20)24-9-23-4)15(10)13-6-5-7-14(8-13)19(21)22/h13-15,18H,5-9H2,1-4H3. The number of rotatable bonds is 5. The zero-order valence-corrected chi connectivity index (χ0v) is 14.8. The number of carbonyl (C=O) groups is 1. The second-order valence-corrected chi connectivity index (χ2v) is 6.65. The minimum Gasteiger partial charge on any atom is -0.435 e. The molecule has 7 heteroatoms. The third-order valence-electron chi connectivity index (χ3n) is 5.13. The Balaban J connectivity index is 2.31. The number of hydrogen-bond acceptors (Lipinski definition) is 6. The van der Waals surface area contributed by atoms with Gasteiger partial charge in [-0.2, -0.15) is 0 Å². The minimum absolute atomic E-state index is 0.0752. The van der Waals surface area contributed by atoms with Crippen LogP contribution in [0.1, 0.15) is 46.5 Å². The molecule has 0 spiro atoms. The van der Waals surface area contributed by atoms with Gasteiger partial charge >= 0.3 is 5.97 Å². The van der Waals surface area contributed by atoms with E-state index in [1.165, 1.54) is 7.11 Å². The molecule has 1 N–H and O–H groups in total. The highest BCUT2D eigenvalue weighted by Crippen LogP contribution is 2.42. The van der Waals surface area contributed by atoms with Crippen LogP contribution >= 0.6 is 0 Å². The molecule has 134 valence electrons. The summed E-state index contributed by atoms with van der Waals surface area (Å²) in [6.07, 6.45) is 2.80. The molecule has 0 amide bonds. The van der Waals surface area contributed by atoms with Crippen molar-refractivity contribution < 1.29 is 19.2 Å². The van der Waals surface area contributed by atoms with Gasteiger partial charge in [0.1, 0.15) is 0 Å². The number of nitrogens with zero attached hydrogens (tertiary/aromatic N) is 1. The Bertz CT molecular complexity index is 582. The summed E-state index contributed by atoms with van der Waals surface area (Å²) in [4.78, 5) is 23.6. The minimum atomic E-state index is -0.525. The van der Waals surface area contributed by atoms with Crippen molar-refractivity contribution in [1.29, 1.82) is 0 Å². The van der Waals surface area contributed by atoms with E-state index in [2.05, 4.69) is 5.32 Å². The molecule has 7 nitrogen and oxygen atoms in total. The smallest absolute Gasteiger partial charge is 0.338 e. The fourth-order valence-corrected chi connectivity index (χ4v) is 3.88. The highest BCUT2D eigenvalue weighted by molar-refractivity contribution is 5.91. The molecule has 3 unspecified atom stereocenters. The van der Waals surface area contributed by atoms with E-state index in [0.29, 0.717) is 18.4 Å². The topological polar surface area (TPSA) is 90.7 Å². The molecule has 0 saturated heterocycles. The third-order valence-corrected chi connectivity index (χ3v) is 5.13. The summed E-state index contributed by atoms with van der Waals surface area (Å²) in [5, 5.41) is 14.4. The van der Waals surface area contributed by atoms with Gasteiger partial charge in [-0.3, -0.25) is 10.1 Å². The summed E-state index contributed by atoms with van der Waals surface area (Å²) in [6.45, 7) is 5.70. The maximum absolute atomic E-state index is 12.5. The van der Waals surface area contributed by atoms with Gasteiger partial charge in [0.25, 0.3) is 0 Å². The number of esters is 1. The van der Waals surface area contributed by atoms with E-state index in [-0.39, 0.29) is 23.6 Å². The SMILES string of the molecule is COCOC(=O)C1=C(C)NC(C)=C(C)C1C1CCCC([N+](=O)[O-])C1. The predicted molar refractivity (Wildman–Crippen MR) is 88.4 cm³/mol. The van der Waals surface area contributed by atoms with Gasteiger partial charge in [0.05, 0.1) is 5.57 Å². The quantitative estimate of drug-likeness (QED) is 0.359. The van der Waals surface area contributed by atoms with Crippen LogP contribution in [0, 0.1) is 22.0 Å². The number of dihydropyridines is 1. The average molecular weight is 338 g/mol. The van der Waals surface area contributed by atoms with E-state index < -0.39 is 12.0 Å². The second kappa shape index (κ2) is 7.79. The van der Waals surface area contributed by atoms with Crippen LogP contribution in [-0.2, 0) is 14.3 Å². The lowest BCUT2D eigenvalue weighted by atomic mass is 9.70. The van der Waals surface area contributed by atoms with Crippen LogP contribution in [0.4, 0.5) is 0 Å². The van der Waals surface area contributed by atoms with Crippen LogP contribution in [-0.4, -0.2) is 30.8 Å². The summed E-state index contributed by atoms with van der Waals surface area (Å²) in [5.74, 6) is -0.480. The summed E-state index contributed by atoms with van der Waals surface area (Å²) >= 11 is 0. The normalized spacial score (nSPS) is 27.8. The first-order valence-electron chi connectivity index (χ1n) is 8.31. The Morgan fingerprint density at radius 1 is 1.29 bits per heavy atom. The molecule has 2 aliphatic rings. The van der Waals surface area contributed by atoms with Crippen molar-refractivity contribution in [1.82, 2.24) is 5.32 Å². The van der Waals surface area contributed by atoms with E-state index in [0.717, 1.165) is 29.8 Å². The van der Waals surface area contributed by atoms with Crippen molar-refractivity contribution in [3.63, 3.8) is 0 Å². The average Bonchev–Trinajstić information content (AvgIpc) is 2.55. The second-order valence-electron chi connectivity index (χ2n) is 6.65. The lowest BCUT2D eigenvalue weighted by Crippen LogP contribution is -2.37. The van der Waals surface area contributed by atoms with E-state index in [1.807, 2.05) is 20.8 Å². The van der Waals surface area contributed by atoms with Gasteiger partial charge in [0, 0.05) is 42.2 Å². The van der Waals surface area contributed by atoms with Gasteiger partial charge in [0.2, 0.25) is 6.04 Å². The molecule has 1 heterocycles. The highest BCUT2D eigenvalue weighted by atomic mass is 16.7. The van der Waals surface area contributed by atoms with Crippen molar-refractivity contribution in [3.8, 4) is 0 Å². The molecule has 1 aliphatic carbocycles. The van der Waals surface area contributed by atoms with E-state index in [4.69, 9.17) is 9.47 Å². The first kappa shape index (κ1) is 18.4. The van der Waals surface area contributed by atoms with Crippen LogP contribution in [0.15, 0.2) is 22.5 Å². The van der Waals surface area contributed by atoms with Crippen molar-refractivity contribution in [2.75, 3.05) is 13.9 Å². The highest BCUT2D eigenvalue weighted by Gasteiger charge is 2.41. The van der Waals surface area contributed by atoms with Gasteiger partial charge in [0.15, 0.2) is 6.79 Å². The molecule has 24 heavy (non-hydrogen) atoms. The van der Waals surface area contributed by atoms with Gasteiger partial charge in [-0.05, 0) is 45.1 Å². The van der Waals surface area contributed by atoms with Crippen LogP contribution in [0.25, 0.3) is 0 Å². The van der Waals surface area contributed by atoms with E-state index in [1.54, 1.807) is 0 Å². The first-order chi connectivity index (χ1) is 11.4. The number of allylic oxidation sites excluding steroid dienone is 3. The molecule has 2 rings (SSSR count). The molecule has 1 aliphatic heterocycles. The summed E-state index contributed by atoms with van der Waals surface area (Å²) < 4.78 is 9.99. The molecule has 1 saturated carbocycles. The van der Waals surface area contributed by atoms with Crippen LogP contribution < -0.4 is 5.32 Å². The Morgan fingerprint density at radius 3 is 2.62 bits per heavy atom. The van der Waals surface area contributed by atoms with Crippen molar-refractivity contribution >= 4 is 5.97 Å². The first-order valence-corrected chi connectivity index (χ1v) is 8.31. The van der Waals surface area contributed by atoms with Gasteiger partial charge < -0.3 is 14.8 Å². The fourth-order valence-electron chi connectivity index (χ4n) is 3.88. The van der Waals surface area contributed by atoms with Crippen LogP contribution in [0.2, 0.25) is 0 Å². The monoisotopic (exact) mass is 338 g/mol. The zero-order chi connectivity index (χ0) is 17.9. The van der Waals surface area contributed by atoms with E-state index >= 15 is 0 Å². The van der Waals surface area contributed by atoms with Crippen LogP contribution in [0.5, 0.6) is 0 Å². The molecule has 0 radical (unpaired) electrons. The summed E-state index contributed by atoms with van der Waals surface area (Å²) in [5.41, 5.74) is 3.39. The number of methoxy groups -OCH3 is 1. The van der Waals surface area contributed by atoms with Crippen molar-refractivity contribution in [2.24, 2.45) is 11.8 Å². The number of hydrogen-bond donors (Lipinski definition) is 1. The maximum Gasteiger partial charge on any atom is 0.338 e. The number of nitro groups is 1. The Labute approximate surface area is 142 Å². The van der Waals surface area contributed by atoms with E-state index in [9.17, 15) is 14.9 Å². The molecule has 1 fully saturated rings. The lowest BCUT2D eigenvalue weighted by molar-refractivity contribution is -0.528. The molecule has 0 aromatic carbocycles. The molecule has 0 bridgehead atoms. The summed E-state index contributed by atoms with van der Waals surface area (Å²) in [6, 6.07) is -0.525. The number of ether oxygens (including phenoxy) is 2.